The molecule has 0 radical (unpaired) electrons. The molecule has 0 saturated carbocycles. The molecule has 15 heavy (non-hydrogen) atoms. The van der Waals surface area contributed by atoms with Crippen molar-refractivity contribution in [2.75, 3.05) is 26.2 Å². The van der Waals surface area contributed by atoms with Crippen LogP contribution in [0.1, 0.15) is 46.0 Å². The fourth-order valence-corrected chi connectivity index (χ4v) is 2.70. The Morgan fingerprint density at radius 1 is 1.33 bits per heavy atom. The van der Waals surface area contributed by atoms with Crippen LogP contribution < -0.4 is 5.73 Å². The lowest BCUT2D eigenvalue weighted by Crippen LogP contribution is -2.39. The fourth-order valence-electron chi connectivity index (χ4n) is 2.70. The highest BCUT2D eigenvalue weighted by molar-refractivity contribution is 4.75. The van der Waals surface area contributed by atoms with E-state index in [1.54, 1.807) is 0 Å². The molecule has 0 bridgehead atoms. The molecule has 2 N–H and O–H groups in total. The Morgan fingerprint density at radius 2 is 2.07 bits per heavy atom. The van der Waals surface area contributed by atoms with E-state index in [2.05, 4.69) is 18.7 Å². The van der Waals surface area contributed by atoms with Crippen molar-refractivity contribution in [1.29, 1.82) is 0 Å². The van der Waals surface area contributed by atoms with Crippen LogP contribution in [0.25, 0.3) is 0 Å². The van der Waals surface area contributed by atoms with Gasteiger partial charge in [0.1, 0.15) is 0 Å². The molecule has 1 rings (SSSR count). The van der Waals surface area contributed by atoms with Crippen molar-refractivity contribution in [2.24, 2.45) is 17.6 Å². The predicted octanol–water partition coefficient (Wildman–Crippen LogP) is 2.48. The van der Waals surface area contributed by atoms with Crippen LogP contribution in [0.5, 0.6) is 0 Å². The molecule has 0 aromatic carbocycles. The zero-order valence-electron chi connectivity index (χ0n) is 10.5. The van der Waals surface area contributed by atoms with Gasteiger partial charge in [0.05, 0.1) is 0 Å². The first-order chi connectivity index (χ1) is 7.30. The average molecular weight is 212 g/mol. The first kappa shape index (κ1) is 13.0. The van der Waals surface area contributed by atoms with Crippen LogP contribution in [-0.4, -0.2) is 31.1 Å². The normalized spacial score (nSPS) is 23.6. The van der Waals surface area contributed by atoms with E-state index in [0.29, 0.717) is 0 Å². The monoisotopic (exact) mass is 212 g/mol. The fraction of sp³-hybridized carbons (Fsp3) is 1.00. The Labute approximate surface area is 95.2 Å². The number of hydrogen-bond acceptors (Lipinski definition) is 2. The minimum Gasteiger partial charge on any atom is -0.330 e. The Balaban J connectivity index is 2.28. The zero-order valence-corrected chi connectivity index (χ0v) is 10.5. The summed E-state index contributed by atoms with van der Waals surface area (Å²) in [5.74, 6) is 1.78. The second kappa shape index (κ2) is 7.24. The zero-order chi connectivity index (χ0) is 11.1. The number of nitrogens with two attached hydrogens (primary N) is 1. The van der Waals surface area contributed by atoms with Crippen LogP contribution >= 0.6 is 0 Å². The maximum Gasteiger partial charge on any atom is 0.00103 e. The Morgan fingerprint density at radius 3 is 2.67 bits per heavy atom. The van der Waals surface area contributed by atoms with Crippen molar-refractivity contribution < 1.29 is 0 Å². The van der Waals surface area contributed by atoms with Crippen LogP contribution in [0.2, 0.25) is 0 Å². The SMILES string of the molecule is CCC(CC)CN1CCCC(CCN)C1. The van der Waals surface area contributed by atoms with E-state index in [9.17, 15) is 0 Å². The van der Waals surface area contributed by atoms with Gasteiger partial charge >= 0.3 is 0 Å². The predicted molar refractivity (Wildman–Crippen MR) is 66.9 cm³/mol. The molecule has 0 aromatic rings. The maximum absolute atomic E-state index is 5.64. The smallest absolute Gasteiger partial charge is 0.00103 e. The lowest BCUT2D eigenvalue weighted by Gasteiger charge is -2.34. The van der Waals surface area contributed by atoms with Gasteiger partial charge in [-0.2, -0.15) is 0 Å². The van der Waals surface area contributed by atoms with Gasteiger partial charge in [0.2, 0.25) is 0 Å². The van der Waals surface area contributed by atoms with Crippen molar-refractivity contribution in [2.45, 2.75) is 46.0 Å². The van der Waals surface area contributed by atoms with Gasteiger partial charge in [0, 0.05) is 13.1 Å². The molecule has 0 spiro atoms. The summed E-state index contributed by atoms with van der Waals surface area (Å²) in [6.45, 7) is 9.42. The highest BCUT2D eigenvalue weighted by atomic mass is 15.1. The molecule has 2 heteroatoms. The molecule has 0 amide bonds. The molecule has 1 fully saturated rings. The third-order valence-electron chi connectivity index (χ3n) is 3.85. The van der Waals surface area contributed by atoms with Crippen LogP contribution in [0.3, 0.4) is 0 Å². The molecule has 1 atom stereocenters. The number of rotatable bonds is 6. The molecule has 1 heterocycles. The van der Waals surface area contributed by atoms with Crippen molar-refractivity contribution in [3.05, 3.63) is 0 Å². The molecule has 0 aromatic heterocycles. The van der Waals surface area contributed by atoms with Crippen LogP contribution in [-0.2, 0) is 0 Å². The summed E-state index contributed by atoms with van der Waals surface area (Å²) in [6.07, 6.45) is 6.66. The minimum atomic E-state index is 0.865. The van der Waals surface area contributed by atoms with Gasteiger partial charge in [-0.25, -0.2) is 0 Å². The highest BCUT2D eigenvalue weighted by Gasteiger charge is 2.20. The van der Waals surface area contributed by atoms with E-state index in [1.807, 2.05) is 0 Å². The van der Waals surface area contributed by atoms with E-state index >= 15 is 0 Å². The molecule has 1 unspecified atom stereocenters. The number of hydrogen-bond donors (Lipinski definition) is 1. The van der Waals surface area contributed by atoms with Crippen LogP contribution in [0.4, 0.5) is 0 Å². The lowest BCUT2D eigenvalue weighted by molar-refractivity contribution is 0.144. The van der Waals surface area contributed by atoms with Gasteiger partial charge in [-0.05, 0) is 44.2 Å². The topological polar surface area (TPSA) is 29.3 Å². The first-order valence-electron chi connectivity index (χ1n) is 6.72. The molecule has 1 saturated heterocycles. The molecular weight excluding hydrogens is 184 g/mol. The molecule has 1 aliphatic rings. The summed E-state index contributed by atoms with van der Waals surface area (Å²) >= 11 is 0. The number of nitrogens with zero attached hydrogens (tertiary/aromatic N) is 1. The standard InChI is InChI=1S/C13H28N2/c1-3-12(4-2)10-15-9-5-6-13(11-15)7-8-14/h12-13H,3-11,14H2,1-2H3. The van der Waals surface area contributed by atoms with Crippen molar-refractivity contribution in [3.8, 4) is 0 Å². The second-order valence-corrected chi connectivity index (χ2v) is 5.03. The van der Waals surface area contributed by atoms with E-state index in [-0.39, 0.29) is 0 Å². The van der Waals surface area contributed by atoms with Gasteiger partial charge in [-0.3, -0.25) is 0 Å². The van der Waals surface area contributed by atoms with Gasteiger partial charge in [0.25, 0.3) is 0 Å². The Bertz CT molecular complexity index is 153. The van der Waals surface area contributed by atoms with Gasteiger partial charge in [-0.1, -0.05) is 26.7 Å². The first-order valence-corrected chi connectivity index (χ1v) is 6.72. The van der Waals surface area contributed by atoms with Crippen LogP contribution in [0, 0.1) is 11.8 Å². The number of piperidine rings is 1. The minimum absolute atomic E-state index is 0.865. The summed E-state index contributed by atoms with van der Waals surface area (Å²) in [5, 5.41) is 0. The quantitative estimate of drug-likeness (QED) is 0.733. The second-order valence-electron chi connectivity index (χ2n) is 5.03. The summed E-state index contributed by atoms with van der Waals surface area (Å²) in [4.78, 5) is 2.67. The van der Waals surface area contributed by atoms with Crippen molar-refractivity contribution >= 4 is 0 Å². The van der Waals surface area contributed by atoms with Crippen LogP contribution in [0.15, 0.2) is 0 Å². The van der Waals surface area contributed by atoms with Gasteiger partial charge < -0.3 is 10.6 Å². The Hall–Kier alpha value is -0.0800. The third-order valence-corrected chi connectivity index (χ3v) is 3.85. The third kappa shape index (κ3) is 4.52. The molecule has 2 nitrogen and oxygen atoms in total. The highest BCUT2D eigenvalue weighted by Crippen LogP contribution is 2.21. The lowest BCUT2D eigenvalue weighted by atomic mass is 9.93. The largest absolute Gasteiger partial charge is 0.330 e. The van der Waals surface area contributed by atoms with Gasteiger partial charge in [-0.15, -0.1) is 0 Å². The average Bonchev–Trinajstić information content (AvgIpc) is 2.27. The molecular formula is C13H28N2. The van der Waals surface area contributed by atoms with Crippen molar-refractivity contribution in [3.63, 3.8) is 0 Å². The Kier molecular flexibility index (Phi) is 6.26. The van der Waals surface area contributed by atoms with E-state index in [1.165, 1.54) is 51.7 Å². The summed E-state index contributed by atoms with van der Waals surface area (Å²) in [7, 11) is 0. The van der Waals surface area contributed by atoms with E-state index in [4.69, 9.17) is 5.73 Å². The van der Waals surface area contributed by atoms with Crippen molar-refractivity contribution in [1.82, 2.24) is 4.90 Å². The number of likely N-dealkylation sites (tertiary alicyclic amines) is 1. The molecule has 90 valence electrons. The maximum atomic E-state index is 5.64. The molecule has 0 aliphatic carbocycles. The molecule has 1 aliphatic heterocycles. The summed E-state index contributed by atoms with van der Waals surface area (Å²) in [5.41, 5.74) is 5.64. The summed E-state index contributed by atoms with van der Waals surface area (Å²) < 4.78 is 0. The van der Waals surface area contributed by atoms with Gasteiger partial charge in [0.15, 0.2) is 0 Å². The summed E-state index contributed by atoms with van der Waals surface area (Å²) in [6, 6.07) is 0. The van der Waals surface area contributed by atoms with E-state index < -0.39 is 0 Å². The van der Waals surface area contributed by atoms with E-state index in [0.717, 1.165) is 18.4 Å².